The van der Waals surface area contributed by atoms with Crippen molar-refractivity contribution < 1.29 is 8.78 Å². The molecule has 0 bridgehead atoms. The van der Waals surface area contributed by atoms with Crippen LogP contribution in [0.25, 0.3) is 5.69 Å². The van der Waals surface area contributed by atoms with Crippen LogP contribution >= 0.6 is 0 Å². The molecule has 98 valence electrons. The monoisotopic (exact) mass is 264 g/mol. The van der Waals surface area contributed by atoms with Gasteiger partial charge >= 0.3 is 0 Å². The minimum Gasteiger partial charge on any atom is -0.382 e. The molecule has 3 N–H and O–H groups in total. The first-order chi connectivity index (χ1) is 8.90. The van der Waals surface area contributed by atoms with Gasteiger partial charge < -0.3 is 5.73 Å². The molecule has 1 aromatic heterocycles. The number of nitrogens with zero attached hydrogens (tertiary/aromatic N) is 2. The molecule has 2 aromatic rings. The molecule has 2 rings (SSSR count). The molecule has 0 amide bonds. The number of nitrogens with one attached hydrogen (secondary N) is 1. The Labute approximate surface area is 106 Å². The molecule has 0 fully saturated rings. The smallest absolute Gasteiger partial charge is 0.211 e. The van der Waals surface area contributed by atoms with Crippen LogP contribution in [0.2, 0.25) is 0 Å². The Morgan fingerprint density at radius 1 is 1.37 bits per heavy atom. The maximum atomic E-state index is 13.7. The van der Waals surface area contributed by atoms with E-state index in [0.717, 1.165) is 10.7 Å². The number of benzene rings is 1. The third kappa shape index (κ3) is 2.35. The van der Waals surface area contributed by atoms with Crippen LogP contribution in [-0.4, -0.2) is 15.6 Å². The first kappa shape index (κ1) is 12.9. The molecular weight excluding hydrogens is 254 g/mol. The maximum absolute atomic E-state index is 13.7. The lowest BCUT2D eigenvalue weighted by atomic mass is 10.2. The van der Waals surface area contributed by atoms with Crippen molar-refractivity contribution in [3.05, 3.63) is 57.5 Å². The molecule has 0 atom stereocenters. The lowest BCUT2D eigenvalue weighted by Gasteiger charge is -2.11. The summed E-state index contributed by atoms with van der Waals surface area (Å²) >= 11 is 0. The third-order valence-electron chi connectivity index (χ3n) is 2.50. The van der Waals surface area contributed by atoms with Crippen LogP contribution in [0.5, 0.6) is 0 Å². The van der Waals surface area contributed by atoms with Gasteiger partial charge in [-0.05, 0) is 19.1 Å². The van der Waals surface area contributed by atoms with Gasteiger partial charge in [0, 0.05) is 17.8 Å². The molecule has 1 heterocycles. The standard InChI is InChI=1S/C12H10F2N4O/c1-6-4-10(19)11(12(15)16)17-18(6)9-3-2-7(13)5-8(9)14/h2-5H,1H3,(H3,15,16). The van der Waals surface area contributed by atoms with Crippen molar-refractivity contribution in [2.75, 3.05) is 0 Å². The third-order valence-corrected chi connectivity index (χ3v) is 2.50. The quantitative estimate of drug-likeness (QED) is 0.629. The van der Waals surface area contributed by atoms with Gasteiger partial charge in [-0.3, -0.25) is 10.2 Å². The highest BCUT2D eigenvalue weighted by molar-refractivity contribution is 5.92. The lowest BCUT2D eigenvalue weighted by molar-refractivity contribution is 0.570. The summed E-state index contributed by atoms with van der Waals surface area (Å²) in [6.45, 7) is 1.54. The average molecular weight is 264 g/mol. The minimum atomic E-state index is -0.825. The van der Waals surface area contributed by atoms with Crippen LogP contribution in [0.3, 0.4) is 0 Å². The van der Waals surface area contributed by atoms with Gasteiger partial charge in [0.2, 0.25) is 5.43 Å². The number of hydrogen-bond donors (Lipinski definition) is 2. The fourth-order valence-electron chi connectivity index (χ4n) is 1.63. The summed E-state index contributed by atoms with van der Waals surface area (Å²) < 4.78 is 27.7. The van der Waals surface area contributed by atoms with Gasteiger partial charge in [-0.2, -0.15) is 5.10 Å². The van der Waals surface area contributed by atoms with Crippen molar-refractivity contribution in [3.8, 4) is 5.69 Å². The Bertz CT molecular complexity index is 724. The van der Waals surface area contributed by atoms with E-state index in [2.05, 4.69) is 5.10 Å². The number of halogens is 2. The summed E-state index contributed by atoms with van der Waals surface area (Å²) in [4.78, 5) is 11.6. The fraction of sp³-hybridized carbons (Fsp3) is 0.0833. The van der Waals surface area contributed by atoms with Crippen molar-refractivity contribution in [1.82, 2.24) is 9.78 Å². The van der Waals surface area contributed by atoms with E-state index in [0.29, 0.717) is 11.8 Å². The summed E-state index contributed by atoms with van der Waals surface area (Å²) in [6.07, 6.45) is 0. The Balaban J connectivity index is 2.71. The highest BCUT2D eigenvalue weighted by Gasteiger charge is 2.13. The van der Waals surface area contributed by atoms with Gasteiger partial charge in [-0.25, -0.2) is 13.5 Å². The molecule has 0 unspecified atom stereocenters. The summed E-state index contributed by atoms with van der Waals surface area (Å²) in [5.74, 6) is -2.05. The van der Waals surface area contributed by atoms with Crippen LogP contribution in [0, 0.1) is 24.0 Å². The molecule has 0 saturated carbocycles. The van der Waals surface area contributed by atoms with E-state index in [9.17, 15) is 13.6 Å². The maximum Gasteiger partial charge on any atom is 0.211 e. The van der Waals surface area contributed by atoms with Gasteiger partial charge in [-0.15, -0.1) is 0 Å². The number of rotatable bonds is 2. The summed E-state index contributed by atoms with van der Waals surface area (Å²) in [7, 11) is 0. The van der Waals surface area contributed by atoms with Gasteiger partial charge in [0.05, 0.1) is 0 Å². The van der Waals surface area contributed by atoms with E-state index in [-0.39, 0.29) is 11.4 Å². The molecule has 19 heavy (non-hydrogen) atoms. The Morgan fingerprint density at radius 3 is 2.63 bits per heavy atom. The Hall–Kier alpha value is -2.57. The van der Waals surface area contributed by atoms with Crippen molar-refractivity contribution in [2.45, 2.75) is 6.92 Å². The van der Waals surface area contributed by atoms with Crippen LogP contribution < -0.4 is 11.2 Å². The van der Waals surface area contributed by atoms with E-state index in [1.807, 2.05) is 0 Å². The zero-order valence-electron chi connectivity index (χ0n) is 9.95. The largest absolute Gasteiger partial charge is 0.382 e. The van der Waals surface area contributed by atoms with Crippen molar-refractivity contribution >= 4 is 5.84 Å². The second-order valence-electron chi connectivity index (χ2n) is 3.92. The molecular formula is C12H10F2N4O. The lowest BCUT2D eigenvalue weighted by Crippen LogP contribution is -2.27. The van der Waals surface area contributed by atoms with Gasteiger partial charge in [0.25, 0.3) is 0 Å². The number of hydrogen-bond acceptors (Lipinski definition) is 3. The van der Waals surface area contributed by atoms with Crippen LogP contribution in [0.1, 0.15) is 11.4 Å². The van der Waals surface area contributed by atoms with E-state index < -0.39 is 22.9 Å². The number of aryl methyl sites for hydroxylation is 1. The molecule has 1 aromatic carbocycles. The zero-order chi connectivity index (χ0) is 14.2. The predicted octanol–water partition coefficient (Wildman–Crippen LogP) is 1.10. The van der Waals surface area contributed by atoms with E-state index >= 15 is 0 Å². The normalized spacial score (nSPS) is 10.5. The van der Waals surface area contributed by atoms with E-state index in [1.165, 1.54) is 12.1 Å². The second kappa shape index (κ2) is 4.60. The van der Waals surface area contributed by atoms with Crippen LogP contribution in [-0.2, 0) is 0 Å². The van der Waals surface area contributed by atoms with E-state index in [4.69, 9.17) is 11.1 Å². The molecule has 7 heteroatoms. The molecule has 0 radical (unpaired) electrons. The first-order valence-corrected chi connectivity index (χ1v) is 5.31. The van der Waals surface area contributed by atoms with Crippen LogP contribution in [0.15, 0.2) is 29.1 Å². The molecule has 5 nitrogen and oxygen atoms in total. The Morgan fingerprint density at radius 2 is 2.05 bits per heavy atom. The zero-order valence-corrected chi connectivity index (χ0v) is 9.95. The average Bonchev–Trinajstić information content (AvgIpc) is 2.30. The molecule has 0 spiro atoms. The number of amidine groups is 1. The molecule has 0 aliphatic carbocycles. The van der Waals surface area contributed by atoms with Crippen LogP contribution in [0.4, 0.5) is 8.78 Å². The summed E-state index contributed by atoms with van der Waals surface area (Å²) in [5.41, 5.74) is 4.74. The Kier molecular flexibility index (Phi) is 3.12. The van der Waals surface area contributed by atoms with Gasteiger partial charge in [-0.1, -0.05) is 0 Å². The summed E-state index contributed by atoms with van der Waals surface area (Å²) in [6, 6.07) is 4.17. The molecule has 0 aliphatic heterocycles. The SMILES string of the molecule is Cc1cc(=O)c(C(=N)N)nn1-c1ccc(F)cc1F. The second-order valence-corrected chi connectivity index (χ2v) is 3.92. The number of nitrogens with two attached hydrogens (primary N) is 1. The minimum absolute atomic E-state index is 0.0265. The molecule has 0 aliphatic rings. The predicted molar refractivity (Wildman–Crippen MR) is 65.5 cm³/mol. The fourth-order valence-corrected chi connectivity index (χ4v) is 1.63. The molecule has 0 saturated heterocycles. The highest BCUT2D eigenvalue weighted by Crippen LogP contribution is 2.14. The first-order valence-electron chi connectivity index (χ1n) is 5.31. The van der Waals surface area contributed by atoms with Gasteiger partial charge in [0.15, 0.2) is 11.5 Å². The van der Waals surface area contributed by atoms with Gasteiger partial charge in [0.1, 0.15) is 17.3 Å². The van der Waals surface area contributed by atoms with Crippen molar-refractivity contribution in [2.24, 2.45) is 5.73 Å². The van der Waals surface area contributed by atoms with Crippen molar-refractivity contribution in [3.63, 3.8) is 0 Å². The van der Waals surface area contributed by atoms with Crippen molar-refractivity contribution in [1.29, 1.82) is 5.41 Å². The summed E-state index contributed by atoms with van der Waals surface area (Å²) in [5, 5.41) is 11.1. The van der Waals surface area contributed by atoms with E-state index in [1.54, 1.807) is 6.92 Å². The number of nitrogen functional groups attached to an aromatic ring is 1. The topological polar surface area (TPSA) is 84.8 Å². The number of aromatic nitrogens is 2. The highest BCUT2D eigenvalue weighted by atomic mass is 19.1.